The molecule has 0 heterocycles. The molecule has 0 amide bonds. The zero-order chi connectivity index (χ0) is 43.2. The van der Waals surface area contributed by atoms with Crippen molar-refractivity contribution < 1.29 is 83.0 Å². The average molecular weight is 895 g/mol. The van der Waals surface area contributed by atoms with Crippen LogP contribution >= 0.6 is 22.1 Å². The number of methoxy groups -OCH3 is 1. The lowest BCUT2D eigenvalue weighted by atomic mass is 10.0. The Morgan fingerprint density at radius 1 is 0.586 bits per heavy atom. The van der Waals surface area contributed by atoms with E-state index in [2.05, 4.69) is 3.63 Å². The standard InChI is InChI=1S/C36H20F14O5S3/c1-54-20-11-15-22(16-12-20)57(32-29(40)27(38)26(37)28(39)30(32)41,55-58(52,53)36(49,50)34(44,45)33(42,43)35(46,47)48)23-17-13-21(14-18-23)56-25-10-6-5-9-24(25)31(51)19-7-3-2-4-8-19/h2-18H,1H3. The van der Waals surface area contributed by atoms with Crippen LogP contribution in [0.25, 0.3) is 0 Å². The molecule has 0 aliphatic carbocycles. The van der Waals surface area contributed by atoms with Gasteiger partial charge in [0, 0.05) is 30.7 Å². The van der Waals surface area contributed by atoms with Crippen molar-refractivity contribution in [2.75, 3.05) is 7.11 Å². The van der Waals surface area contributed by atoms with Gasteiger partial charge in [0.2, 0.25) is 5.82 Å². The molecule has 0 spiro atoms. The zero-order valence-electron chi connectivity index (χ0n) is 28.4. The number of ether oxygens (including phenoxy) is 1. The smallest absolute Gasteiger partial charge is 0.460 e. The van der Waals surface area contributed by atoms with Gasteiger partial charge < -0.3 is 4.74 Å². The Labute approximate surface area is 324 Å². The average Bonchev–Trinajstić information content (AvgIpc) is 3.18. The summed E-state index contributed by atoms with van der Waals surface area (Å²) in [6, 6.07) is 19.2. The summed E-state index contributed by atoms with van der Waals surface area (Å²) in [6.45, 7) is 0. The van der Waals surface area contributed by atoms with E-state index >= 15 is 17.6 Å². The van der Waals surface area contributed by atoms with Crippen molar-refractivity contribution in [2.45, 2.75) is 47.8 Å². The SMILES string of the molecule is COc1ccc(S(OS(=O)(=O)C(F)(F)C(F)(F)C(F)(F)C(F)(F)F)(c2ccc(Sc3ccccc3C(=O)c3ccccc3)cc2)c2c(F)c(F)c(F)c(F)c2F)cc1. The minimum absolute atomic E-state index is 0.0158. The van der Waals surface area contributed by atoms with Crippen LogP contribution in [0.5, 0.6) is 5.75 Å². The third-order valence-corrected chi connectivity index (χ3v) is 14.3. The first kappa shape index (κ1) is 44.3. The first-order valence-electron chi connectivity index (χ1n) is 15.5. The highest BCUT2D eigenvalue weighted by Gasteiger charge is 2.86. The largest absolute Gasteiger partial charge is 0.497 e. The van der Waals surface area contributed by atoms with Crippen molar-refractivity contribution in [1.29, 1.82) is 0 Å². The molecule has 310 valence electrons. The molecule has 0 aliphatic rings. The van der Waals surface area contributed by atoms with Crippen LogP contribution in [0.2, 0.25) is 0 Å². The van der Waals surface area contributed by atoms with Crippen LogP contribution in [0.4, 0.5) is 61.5 Å². The van der Waals surface area contributed by atoms with Gasteiger partial charge in [-0.25, -0.2) is 25.6 Å². The fourth-order valence-corrected chi connectivity index (χ4v) is 11.3. The number of hydrogen-bond acceptors (Lipinski definition) is 6. The van der Waals surface area contributed by atoms with E-state index in [0.29, 0.717) is 24.3 Å². The van der Waals surface area contributed by atoms with Crippen LogP contribution in [0, 0.1) is 29.1 Å². The lowest BCUT2D eigenvalue weighted by molar-refractivity contribution is -0.382. The van der Waals surface area contributed by atoms with E-state index < -0.39 is 93.3 Å². The number of carbonyl (C=O) groups is 1. The molecule has 58 heavy (non-hydrogen) atoms. The van der Waals surface area contributed by atoms with Crippen LogP contribution in [-0.2, 0) is 13.7 Å². The quantitative estimate of drug-likeness (QED) is 0.0508. The summed E-state index contributed by atoms with van der Waals surface area (Å²) in [4.78, 5) is 8.72. The van der Waals surface area contributed by atoms with Crippen molar-refractivity contribution in [3.8, 4) is 5.75 Å². The van der Waals surface area contributed by atoms with Crippen molar-refractivity contribution in [2.24, 2.45) is 0 Å². The second kappa shape index (κ2) is 15.8. The van der Waals surface area contributed by atoms with Crippen molar-refractivity contribution >= 4 is 38.0 Å². The molecule has 0 radical (unpaired) electrons. The molecule has 0 saturated heterocycles. The molecule has 1 unspecified atom stereocenters. The van der Waals surface area contributed by atoms with Crippen LogP contribution < -0.4 is 4.74 Å². The van der Waals surface area contributed by atoms with Gasteiger partial charge in [-0.05, 0) is 71.0 Å². The summed E-state index contributed by atoms with van der Waals surface area (Å²) in [7, 11) is -12.9. The van der Waals surface area contributed by atoms with E-state index in [9.17, 15) is 57.1 Å². The number of halogens is 14. The maximum Gasteiger partial charge on any atom is 0.460 e. The molecule has 5 aromatic carbocycles. The summed E-state index contributed by atoms with van der Waals surface area (Å²) in [6.07, 6.45) is -7.55. The summed E-state index contributed by atoms with van der Waals surface area (Å²) in [5.41, 5.74) is 0.353. The molecule has 0 saturated carbocycles. The van der Waals surface area contributed by atoms with E-state index in [1.807, 2.05) is 0 Å². The molecule has 1 atom stereocenters. The number of hydrogen-bond donors (Lipinski definition) is 0. The molecule has 5 rings (SSSR count). The first-order chi connectivity index (χ1) is 26.9. The third kappa shape index (κ3) is 7.38. The van der Waals surface area contributed by atoms with Gasteiger partial charge in [-0.1, -0.05) is 54.2 Å². The minimum Gasteiger partial charge on any atom is -0.497 e. The van der Waals surface area contributed by atoms with E-state index in [1.165, 1.54) is 36.4 Å². The third-order valence-electron chi connectivity index (χ3n) is 8.02. The number of alkyl halides is 9. The maximum absolute atomic E-state index is 15.9. The number of rotatable bonds is 13. The maximum atomic E-state index is 15.9. The summed E-state index contributed by atoms with van der Waals surface area (Å²) >= 11 is 0.778. The van der Waals surface area contributed by atoms with Gasteiger partial charge in [0.15, 0.2) is 29.1 Å². The van der Waals surface area contributed by atoms with Gasteiger partial charge in [0.05, 0.1) is 7.11 Å². The Bertz CT molecular complexity index is 2420. The Hall–Kier alpha value is -4.80. The fraction of sp³-hybridized carbons (Fsp3) is 0.139. The topological polar surface area (TPSA) is 69.7 Å². The van der Waals surface area contributed by atoms with Crippen LogP contribution in [-0.4, -0.2) is 44.6 Å². The highest BCUT2D eigenvalue weighted by molar-refractivity contribution is 8.33. The van der Waals surface area contributed by atoms with Gasteiger partial charge in [-0.15, -0.1) is 0 Å². The summed E-state index contributed by atoms with van der Waals surface area (Å²) in [5.74, 6) is -31.1. The summed E-state index contributed by atoms with van der Waals surface area (Å²) < 4.78 is 238. The van der Waals surface area contributed by atoms with Crippen LogP contribution in [0.15, 0.2) is 128 Å². The molecule has 0 N–H and O–H groups in total. The molecular weight excluding hydrogens is 875 g/mol. The molecule has 5 aromatic rings. The lowest BCUT2D eigenvalue weighted by Crippen LogP contribution is -2.63. The minimum atomic E-state index is -8.12. The lowest BCUT2D eigenvalue weighted by Gasteiger charge is -2.41. The second-order valence-corrected chi connectivity index (χ2v) is 17.1. The van der Waals surface area contributed by atoms with Gasteiger partial charge in [-0.2, -0.15) is 47.9 Å². The monoisotopic (exact) mass is 894 g/mol. The molecule has 0 fully saturated rings. The second-order valence-electron chi connectivity index (χ2n) is 11.6. The molecule has 22 heteroatoms. The van der Waals surface area contributed by atoms with Gasteiger partial charge in [0.1, 0.15) is 10.6 Å². The highest BCUT2D eigenvalue weighted by Crippen LogP contribution is 2.73. The predicted octanol–water partition coefficient (Wildman–Crippen LogP) is 11.7. The van der Waals surface area contributed by atoms with E-state index in [-0.39, 0.29) is 26.7 Å². The normalized spacial score (nSPS) is 14.5. The Morgan fingerprint density at radius 3 is 1.55 bits per heavy atom. The number of benzene rings is 5. The highest BCUT2D eigenvalue weighted by atomic mass is 32.3. The van der Waals surface area contributed by atoms with Crippen LogP contribution in [0.3, 0.4) is 0 Å². The van der Waals surface area contributed by atoms with Crippen LogP contribution in [0.1, 0.15) is 15.9 Å². The van der Waals surface area contributed by atoms with E-state index in [4.69, 9.17) is 4.74 Å². The number of ketones is 1. The first-order valence-corrected chi connectivity index (χ1v) is 19.3. The molecule has 5 nitrogen and oxygen atoms in total. The number of carbonyl (C=O) groups excluding carboxylic acids is 1. The Balaban J connectivity index is 1.80. The molecule has 0 aliphatic heterocycles. The molecule has 0 aromatic heterocycles. The summed E-state index contributed by atoms with van der Waals surface area (Å²) in [5, 5.41) is -7.65. The Morgan fingerprint density at radius 2 is 1.05 bits per heavy atom. The molecule has 0 bridgehead atoms. The van der Waals surface area contributed by atoms with Crippen molar-refractivity contribution in [3.63, 3.8) is 0 Å². The molecular formula is C36H20F14O5S3. The van der Waals surface area contributed by atoms with E-state index in [1.54, 1.807) is 18.2 Å². The fourth-order valence-electron chi connectivity index (χ4n) is 5.10. The van der Waals surface area contributed by atoms with Gasteiger partial charge in [0.25, 0.3) is 0 Å². The Kier molecular flexibility index (Phi) is 12.0. The predicted molar refractivity (Wildman–Crippen MR) is 179 cm³/mol. The van der Waals surface area contributed by atoms with Gasteiger partial charge in [-0.3, -0.25) is 4.79 Å². The van der Waals surface area contributed by atoms with Gasteiger partial charge >= 0.3 is 33.4 Å². The van der Waals surface area contributed by atoms with Crippen molar-refractivity contribution in [3.05, 3.63) is 143 Å². The zero-order valence-corrected chi connectivity index (χ0v) is 30.8. The van der Waals surface area contributed by atoms with E-state index in [0.717, 1.165) is 43.1 Å². The van der Waals surface area contributed by atoms with Crippen molar-refractivity contribution in [1.82, 2.24) is 0 Å².